The number of aromatic nitrogens is 2. The quantitative estimate of drug-likeness (QED) is 0.442. The highest BCUT2D eigenvalue weighted by atomic mass is 16.5. The Hall–Kier alpha value is -4.40. The maximum atomic E-state index is 12.7. The molecule has 3 N–H and O–H groups in total. The number of ether oxygens (including phenoxy) is 1. The Morgan fingerprint density at radius 1 is 1.15 bits per heavy atom. The van der Waals surface area contributed by atoms with Gasteiger partial charge in [0.05, 0.1) is 0 Å². The van der Waals surface area contributed by atoms with Gasteiger partial charge in [0.15, 0.2) is 5.82 Å². The van der Waals surface area contributed by atoms with Gasteiger partial charge < -0.3 is 20.5 Å². The zero-order valence-electron chi connectivity index (χ0n) is 18.5. The van der Waals surface area contributed by atoms with Gasteiger partial charge in [-0.25, -0.2) is 9.59 Å². The molecule has 9 nitrogen and oxygen atoms in total. The van der Waals surface area contributed by atoms with Crippen LogP contribution in [0.5, 0.6) is 0 Å². The summed E-state index contributed by atoms with van der Waals surface area (Å²) in [5, 5.41) is 18.2. The SMILES string of the molecule is C=CCC(NC(=O)OCC1c2ccccc2-c2ccccc21)C(=O)Nc1nn(C)cc1C(=O)O. The molecular formula is C25H24N4O5. The van der Waals surface area contributed by atoms with Gasteiger partial charge in [-0.05, 0) is 28.7 Å². The van der Waals surface area contributed by atoms with Crippen LogP contribution >= 0.6 is 0 Å². The number of alkyl carbamates (subject to hydrolysis) is 1. The van der Waals surface area contributed by atoms with Crippen molar-refractivity contribution in [3.63, 3.8) is 0 Å². The van der Waals surface area contributed by atoms with Crippen molar-refractivity contribution in [3.8, 4) is 11.1 Å². The Bertz CT molecular complexity index is 1220. The first-order chi connectivity index (χ1) is 16.4. The average molecular weight is 460 g/mol. The second-order valence-electron chi connectivity index (χ2n) is 7.91. The molecule has 1 unspecified atom stereocenters. The van der Waals surface area contributed by atoms with Crippen molar-refractivity contribution in [3.05, 3.63) is 84.1 Å². The first kappa shape index (κ1) is 22.8. The maximum absolute atomic E-state index is 12.7. The van der Waals surface area contributed by atoms with Crippen molar-refractivity contribution in [2.45, 2.75) is 18.4 Å². The predicted molar refractivity (Wildman–Crippen MR) is 126 cm³/mol. The molecule has 2 aromatic carbocycles. The molecule has 34 heavy (non-hydrogen) atoms. The van der Waals surface area contributed by atoms with Crippen LogP contribution in [-0.4, -0.2) is 45.5 Å². The van der Waals surface area contributed by atoms with Gasteiger partial charge in [-0.15, -0.1) is 6.58 Å². The lowest BCUT2D eigenvalue weighted by Gasteiger charge is -2.18. The first-order valence-electron chi connectivity index (χ1n) is 10.7. The van der Waals surface area contributed by atoms with Gasteiger partial charge >= 0.3 is 12.1 Å². The van der Waals surface area contributed by atoms with Gasteiger partial charge in [-0.2, -0.15) is 5.10 Å². The van der Waals surface area contributed by atoms with Crippen LogP contribution in [-0.2, 0) is 16.6 Å². The number of aryl methyl sites for hydroxylation is 1. The number of carboxylic acids is 1. The van der Waals surface area contributed by atoms with E-state index in [1.54, 1.807) is 0 Å². The number of hydrogen-bond donors (Lipinski definition) is 3. The van der Waals surface area contributed by atoms with E-state index in [1.807, 2.05) is 48.5 Å². The number of carbonyl (C=O) groups excluding carboxylic acids is 2. The molecule has 0 bridgehead atoms. The summed E-state index contributed by atoms with van der Waals surface area (Å²) in [5.41, 5.74) is 4.22. The number of nitrogens with zero attached hydrogens (tertiary/aromatic N) is 2. The number of amides is 2. The van der Waals surface area contributed by atoms with Crippen LogP contribution in [0.15, 0.2) is 67.4 Å². The Labute approximate surface area is 196 Å². The third kappa shape index (κ3) is 4.54. The fourth-order valence-corrected chi connectivity index (χ4v) is 4.12. The van der Waals surface area contributed by atoms with Crippen LogP contribution in [0, 0.1) is 0 Å². The number of anilines is 1. The number of hydrogen-bond acceptors (Lipinski definition) is 5. The number of rotatable bonds is 8. The molecule has 0 saturated carbocycles. The van der Waals surface area contributed by atoms with Gasteiger partial charge in [0.25, 0.3) is 0 Å². The minimum atomic E-state index is -1.23. The van der Waals surface area contributed by atoms with Gasteiger partial charge in [0, 0.05) is 19.2 Å². The fourth-order valence-electron chi connectivity index (χ4n) is 4.12. The second kappa shape index (κ2) is 9.62. The molecule has 3 aromatic rings. The van der Waals surface area contributed by atoms with Crippen LogP contribution in [0.4, 0.5) is 10.6 Å². The highest BCUT2D eigenvalue weighted by Crippen LogP contribution is 2.44. The van der Waals surface area contributed by atoms with Gasteiger partial charge in [-0.1, -0.05) is 54.6 Å². The predicted octanol–water partition coefficient (Wildman–Crippen LogP) is 3.54. The molecule has 9 heteroatoms. The molecule has 0 spiro atoms. The number of fused-ring (bicyclic) bond motifs is 3. The minimum Gasteiger partial charge on any atom is -0.477 e. The van der Waals surface area contributed by atoms with Crippen LogP contribution < -0.4 is 10.6 Å². The summed E-state index contributed by atoms with van der Waals surface area (Å²) in [6, 6.07) is 14.9. The molecule has 2 amide bonds. The molecule has 1 aromatic heterocycles. The topological polar surface area (TPSA) is 123 Å². The van der Waals surface area contributed by atoms with E-state index < -0.39 is 24.0 Å². The highest BCUT2D eigenvalue weighted by molar-refractivity contribution is 6.01. The first-order valence-corrected chi connectivity index (χ1v) is 10.7. The van der Waals surface area contributed by atoms with Crippen molar-refractivity contribution in [2.75, 3.05) is 11.9 Å². The van der Waals surface area contributed by atoms with Gasteiger partial charge in [0.2, 0.25) is 5.91 Å². The van der Waals surface area contributed by atoms with Gasteiger partial charge in [-0.3, -0.25) is 9.48 Å². The van der Waals surface area contributed by atoms with E-state index in [0.717, 1.165) is 22.3 Å². The van der Waals surface area contributed by atoms with E-state index in [4.69, 9.17) is 4.74 Å². The number of carboxylic acid groups (broad SMARTS) is 1. The molecule has 0 fully saturated rings. The molecule has 1 heterocycles. The van der Waals surface area contributed by atoms with Crippen molar-refractivity contribution in [1.82, 2.24) is 15.1 Å². The highest BCUT2D eigenvalue weighted by Gasteiger charge is 2.30. The zero-order valence-corrected chi connectivity index (χ0v) is 18.5. The third-order valence-electron chi connectivity index (χ3n) is 5.66. The summed E-state index contributed by atoms with van der Waals surface area (Å²) in [5.74, 6) is -2.08. The van der Waals surface area contributed by atoms with E-state index in [9.17, 15) is 19.5 Å². The summed E-state index contributed by atoms with van der Waals surface area (Å²) in [4.78, 5) is 36.7. The number of aromatic carboxylic acids is 1. The smallest absolute Gasteiger partial charge is 0.407 e. The average Bonchev–Trinajstić information content (AvgIpc) is 3.35. The van der Waals surface area contributed by atoms with Crippen molar-refractivity contribution < 1.29 is 24.2 Å². The zero-order chi connectivity index (χ0) is 24.2. The molecule has 0 aliphatic heterocycles. The normalized spacial score (nSPS) is 12.9. The Morgan fingerprint density at radius 3 is 2.35 bits per heavy atom. The maximum Gasteiger partial charge on any atom is 0.407 e. The summed E-state index contributed by atoms with van der Waals surface area (Å²) in [6.45, 7) is 3.72. The summed E-state index contributed by atoms with van der Waals surface area (Å²) in [7, 11) is 1.54. The van der Waals surface area contributed by atoms with Crippen LogP contribution in [0.2, 0.25) is 0 Å². The molecule has 0 saturated heterocycles. The number of benzene rings is 2. The van der Waals surface area contributed by atoms with Crippen molar-refractivity contribution >= 4 is 23.8 Å². The van der Waals surface area contributed by atoms with Gasteiger partial charge in [0.1, 0.15) is 18.2 Å². The number of carbonyl (C=O) groups is 3. The Morgan fingerprint density at radius 2 is 1.76 bits per heavy atom. The van der Waals surface area contributed by atoms with E-state index in [1.165, 1.54) is 24.0 Å². The second-order valence-corrected chi connectivity index (χ2v) is 7.91. The molecule has 1 aliphatic carbocycles. The standard InChI is InChI=1S/C25H24N4O5/c1-3-8-21(23(30)27-22-19(24(31)32)13-29(2)28-22)26-25(33)34-14-20-17-11-6-4-9-15(17)16-10-5-7-12-18(16)20/h3-7,9-13,20-21H,1,8,14H2,2H3,(H,26,33)(H,31,32)(H,27,28,30). The monoisotopic (exact) mass is 460 g/mol. The largest absolute Gasteiger partial charge is 0.477 e. The molecule has 174 valence electrons. The minimum absolute atomic E-state index is 0.103. The Balaban J connectivity index is 1.43. The van der Waals surface area contributed by atoms with Crippen LogP contribution in [0.25, 0.3) is 11.1 Å². The van der Waals surface area contributed by atoms with Crippen LogP contribution in [0.3, 0.4) is 0 Å². The third-order valence-corrected chi connectivity index (χ3v) is 5.66. The van der Waals surface area contributed by atoms with Crippen molar-refractivity contribution in [2.24, 2.45) is 7.05 Å². The summed E-state index contributed by atoms with van der Waals surface area (Å²) >= 11 is 0. The lowest BCUT2D eigenvalue weighted by Crippen LogP contribution is -2.44. The van der Waals surface area contributed by atoms with E-state index >= 15 is 0 Å². The summed E-state index contributed by atoms with van der Waals surface area (Å²) < 4.78 is 6.78. The van der Waals surface area contributed by atoms with E-state index in [2.05, 4.69) is 22.3 Å². The van der Waals surface area contributed by atoms with Crippen LogP contribution in [0.1, 0.15) is 33.8 Å². The molecule has 0 radical (unpaired) electrons. The Kier molecular flexibility index (Phi) is 6.44. The van der Waals surface area contributed by atoms with E-state index in [0.29, 0.717) is 0 Å². The van der Waals surface area contributed by atoms with Crippen molar-refractivity contribution in [1.29, 1.82) is 0 Å². The fraction of sp³-hybridized carbons (Fsp3) is 0.200. The summed E-state index contributed by atoms with van der Waals surface area (Å²) in [6.07, 6.45) is 2.11. The lowest BCUT2D eigenvalue weighted by atomic mass is 9.98. The molecule has 4 rings (SSSR count). The molecule has 1 aliphatic rings. The van der Waals surface area contributed by atoms with E-state index in [-0.39, 0.29) is 30.3 Å². The molecular weight excluding hydrogens is 436 g/mol. The lowest BCUT2D eigenvalue weighted by molar-refractivity contribution is -0.118. The number of nitrogens with one attached hydrogen (secondary N) is 2. The molecule has 1 atom stereocenters.